The number of thiophene rings is 1. The third kappa shape index (κ3) is 2.28. The first-order valence-electron chi connectivity index (χ1n) is 4.84. The lowest BCUT2D eigenvalue weighted by atomic mass is 10.0. The summed E-state index contributed by atoms with van der Waals surface area (Å²) >= 11 is 7.23. The van der Waals surface area contributed by atoms with Crippen LogP contribution in [0.4, 0.5) is 5.00 Å². The third-order valence-corrected chi connectivity index (χ3v) is 3.39. The Balaban J connectivity index is 2.57. The van der Waals surface area contributed by atoms with E-state index in [4.69, 9.17) is 22.1 Å². The van der Waals surface area contributed by atoms with E-state index >= 15 is 0 Å². The van der Waals surface area contributed by atoms with Gasteiger partial charge in [0.2, 0.25) is 0 Å². The maximum atomic E-state index is 11.6. The van der Waals surface area contributed by atoms with E-state index in [1.165, 1.54) is 18.4 Å². The predicted octanol–water partition coefficient (Wildman–Crippen LogP) is 3.44. The largest absolute Gasteiger partial charge is 0.465 e. The molecule has 0 radical (unpaired) electrons. The van der Waals surface area contributed by atoms with Gasteiger partial charge in [-0.25, -0.2) is 4.79 Å². The zero-order valence-corrected chi connectivity index (χ0v) is 10.6. The number of ether oxygens (including phenoxy) is 1. The van der Waals surface area contributed by atoms with Gasteiger partial charge in [-0.1, -0.05) is 23.7 Å². The van der Waals surface area contributed by atoms with E-state index in [0.717, 1.165) is 11.1 Å². The number of nitrogens with two attached hydrogens (primary N) is 1. The SMILES string of the molecule is COC(=O)c1c(-c2cccc(Cl)c2)csc1N. The summed E-state index contributed by atoms with van der Waals surface area (Å²) in [5.41, 5.74) is 7.78. The Kier molecular flexibility index (Phi) is 3.36. The van der Waals surface area contributed by atoms with Gasteiger partial charge >= 0.3 is 5.97 Å². The van der Waals surface area contributed by atoms with Crippen molar-refractivity contribution < 1.29 is 9.53 Å². The molecule has 88 valence electrons. The van der Waals surface area contributed by atoms with Crippen LogP contribution in [-0.2, 0) is 4.74 Å². The summed E-state index contributed by atoms with van der Waals surface area (Å²) in [5, 5.41) is 2.89. The van der Waals surface area contributed by atoms with Crippen molar-refractivity contribution in [3.8, 4) is 11.1 Å². The van der Waals surface area contributed by atoms with Gasteiger partial charge in [-0.3, -0.25) is 0 Å². The fraction of sp³-hybridized carbons (Fsp3) is 0.0833. The average molecular weight is 268 g/mol. The van der Waals surface area contributed by atoms with E-state index in [1.54, 1.807) is 12.1 Å². The summed E-state index contributed by atoms with van der Waals surface area (Å²) in [7, 11) is 1.33. The van der Waals surface area contributed by atoms with Crippen molar-refractivity contribution in [1.29, 1.82) is 0 Å². The molecular formula is C12H10ClNO2S. The minimum absolute atomic E-state index is 0.403. The van der Waals surface area contributed by atoms with Crippen molar-refractivity contribution in [2.24, 2.45) is 0 Å². The maximum absolute atomic E-state index is 11.6. The first kappa shape index (κ1) is 12.0. The molecule has 3 nitrogen and oxygen atoms in total. The normalized spacial score (nSPS) is 10.2. The van der Waals surface area contributed by atoms with E-state index in [2.05, 4.69) is 0 Å². The monoisotopic (exact) mass is 267 g/mol. The molecule has 0 amide bonds. The molecule has 17 heavy (non-hydrogen) atoms. The number of methoxy groups -OCH3 is 1. The van der Waals surface area contributed by atoms with Crippen molar-refractivity contribution in [1.82, 2.24) is 0 Å². The van der Waals surface area contributed by atoms with Gasteiger partial charge in [0, 0.05) is 16.0 Å². The number of nitrogen functional groups attached to an aromatic ring is 1. The molecule has 1 aromatic carbocycles. The number of esters is 1. The van der Waals surface area contributed by atoms with Crippen LogP contribution in [0.3, 0.4) is 0 Å². The van der Waals surface area contributed by atoms with Gasteiger partial charge in [-0.05, 0) is 17.7 Å². The van der Waals surface area contributed by atoms with E-state index < -0.39 is 5.97 Å². The van der Waals surface area contributed by atoms with E-state index in [1.807, 2.05) is 17.5 Å². The van der Waals surface area contributed by atoms with Crippen LogP contribution in [0.5, 0.6) is 0 Å². The molecule has 1 aromatic heterocycles. The van der Waals surface area contributed by atoms with Gasteiger partial charge in [0.15, 0.2) is 0 Å². The standard InChI is InChI=1S/C12H10ClNO2S/c1-16-12(15)10-9(6-17-11(10)14)7-3-2-4-8(13)5-7/h2-6H,14H2,1H3. The van der Waals surface area contributed by atoms with Gasteiger partial charge < -0.3 is 10.5 Å². The smallest absolute Gasteiger partial charge is 0.341 e. The summed E-state index contributed by atoms with van der Waals surface area (Å²) in [6.45, 7) is 0. The molecule has 0 aliphatic heterocycles. The quantitative estimate of drug-likeness (QED) is 0.848. The summed E-state index contributed by atoms with van der Waals surface area (Å²) in [5.74, 6) is -0.432. The average Bonchev–Trinajstić information content (AvgIpc) is 2.70. The van der Waals surface area contributed by atoms with Gasteiger partial charge in [0.25, 0.3) is 0 Å². The summed E-state index contributed by atoms with van der Waals surface area (Å²) < 4.78 is 4.72. The second-order valence-corrected chi connectivity index (χ2v) is 4.74. The fourth-order valence-corrected chi connectivity index (χ4v) is 2.55. The first-order valence-corrected chi connectivity index (χ1v) is 6.10. The van der Waals surface area contributed by atoms with Crippen LogP contribution < -0.4 is 5.73 Å². The van der Waals surface area contributed by atoms with Crippen LogP contribution in [0.15, 0.2) is 29.6 Å². The van der Waals surface area contributed by atoms with Gasteiger partial charge in [-0.2, -0.15) is 0 Å². The Hall–Kier alpha value is -1.52. The molecule has 1 heterocycles. The van der Waals surface area contributed by atoms with Crippen LogP contribution >= 0.6 is 22.9 Å². The zero-order chi connectivity index (χ0) is 12.4. The van der Waals surface area contributed by atoms with Gasteiger partial charge in [0.1, 0.15) is 10.6 Å². The van der Waals surface area contributed by atoms with Gasteiger partial charge in [0.05, 0.1) is 7.11 Å². The minimum Gasteiger partial charge on any atom is -0.465 e. The summed E-state index contributed by atoms with van der Waals surface area (Å²) in [6, 6.07) is 7.26. The molecule has 0 saturated heterocycles. The predicted molar refractivity (Wildman–Crippen MR) is 70.5 cm³/mol. The Morgan fingerprint density at radius 1 is 1.47 bits per heavy atom. The van der Waals surface area contributed by atoms with Crippen molar-refractivity contribution in [2.75, 3.05) is 12.8 Å². The van der Waals surface area contributed by atoms with Crippen LogP contribution in [-0.4, -0.2) is 13.1 Å². The molecule has 0 aliphatic rings. The third-order valence-electron chi connectivity index (χ3n) is 2.34. The molecule has 0 bridgehead atoms. The second-order valence-electron chi connectivity index (χ2n) is 3.39. The van der Waals surface area contributed by atoms with Crippen molar-refractivity contribution in [2.45, 2.75) is 0 Å². The highest BCUT2D eigenvalue weighted by atomic mass is 35.5. The van der Waals surface area contributed by atoms with Crippen LogP contribution in [0, 0.1) is 0 Å². The Morgan fingerprint density at radius 2 is 2.24 bits per heavy atom. The second kappa shape index (κ2) is 4.77. The number of hydrogen-bond donors (Lipinski definition) is 1. The zero-order valence-electron chi connectivity index (χ0n) is 9.07. The Labute approximate surface area is 108 Å². The Morgan fingerprint density at radius 3 is 2.88 bits per heavy atom. The number of benzene rings is 1. The highest BCUT2D eigenvalue weighted by molar-refractivity contribution is 7.14. The fourth-order valence-electron chi connectivity index (χ4n) is 1.55. The van der Waals surface area contributed by atoms with Crippen molar-refractivity contribution in [3.63, 3.8) is 0 Å². The number of rotatable bonds is 2. The van der Waals surface area contributed by atoms with Crippen LogP contribution in [0.2, 0.25) is 5.02 Å². The number of anilines is 1. The molecule has 2 rings (SSSR count). The van der Waals surface area contributed by atoms with Gasteiger partial charge in [-0.15, -0.1) is 11.3 Å². The molecule has 0 spiro atoms. The number of carbonyl (C=O) groups is 1. The molecule has 5 heteroatoms. The summed E-state index contributed by atoms with van der Waals surface area (Å²) in [4.78, 5) is 11.6. The minimum atomic E-state index is -0.432. The highest BCUT2D eigenvalue weighted by Crippen LogP contribution is 2.34. The number of halogens is 1. The van der Waals surface area contributed by atoms with Crippen molar-refractivity contribution in [3.05, 3.63) is 40.2 Å². The molecule has 0 aliphatic carbocycles. The first-order chi connectivity index (χ1) is 8.13. The lowest BCUT2D eigenvalue weighted by molar-refractivity contribution is 0.0603. The molecular weight excluding hydrogens is 258 g/mol. The maximum Gasteiger partial charge on any atom is 0.341 e. The molecule has 2 aromatic rings. The lowest BCUT2D eigenvalue weighted by Gasteiger charge is -2.04. The van der Waals surface area contributed by atoms with Crippen molar-refractivity contribution >= 4 is 33.9 Å². The van der Waals surface area contributed by atoms with E-state index in [-0.39, 0.29) is 0 Å². The summed E-state index contributed by atoms with van der Waals surface area (Å²) in [6.07, 6.45) is 0. The lowest BCUT2D eigenvalue weighted by Crippen LogP contribution is -2.04. The van der Waals surface area contributed by atoms with E-state index in [9.17, 15) is 4.79 Å². The number of hydrogen-bond acceptors (Lipinski definition) is 4. The topological polar surface area (TPSA) is 52.3 Å². The highest BCUT2D eigenvalue weighted by Gasteiger charge is 2.19. The molecule has 0 unspecified atom stereocenters. The van der Waals surface area contributed by atoms with E-state index in [0.29, 0.717) is 15.6 Å². The number of carbonyl (C=O) groups excluding carboxylic acids is 1. The molecule has 2 N–H and O–H groups in total. The van der Waals surface area contributed by atoms with Crippen LogP contribution in [0.1, 0.15) is 10.4 Å². The molecule has 0 saturated carbocycles. The molecule has 0 fully saturated rings. The molecule has 0 atom stereocenters. The Bertz CT molecular complexity index is 565. The van der Waals surface area contributed by atoms with Crippen LogP contribution in [0.25, 0.3) is 11.1 Å².